The fourth-order valence-electron chi connectivity index (χ4n) is 10.7. The molecule has 17 nitrogen and oxygen atoms in total. The lowest BCUT2D eigenvalue weighted by Gasteiger charge is -2.21. The molecular weight excluding hydrogens is 1190 g/mol. The summed E-state index contributed by atoms with van der Waals surface area (Å²) in [4.78, 5) is 72.5. The predicted molar refractivity (Wildman–Crippen MR) is 363 cm³/mol. The molecule has 5 atom stereocenters. The highest BCUT2D eigenvalue weighted by atomic mass is 31.2. The number of aliphatic hydroxyl groups excluding tert-OH is 1. The minimum atomic E-state index is -4.95. The largest absolute Gasteiger partial charge is 0.472 e. The van der Waals surface area contributed by atoms with Crippen LogP contribution in [-0.4, -0.2) is 96.7 Å². The van der Waals surface area contributed by atoms with Crippen LogP contribution in [0.1, 0.15) is 351 Å². The van der Waals surface area contributed by atoms with Crippen molar-refractivity contribution in [3.8, 4) is 0 Å². The van der Waals surface area contributed by atoms with Crippen molar-refractivity contribution in [2.75, 3.05) is 39.6 Å². The van der Waals surface area contributed by atoms with Gasteiger partial charge in [0.15, 0.2) is 12.2 Å². The Labute approximate surface area is 549 Å². The monoisotopic (exact) mass is 1320 g/mol. The van der Waals surface area contributed by atoms with Crippen molar-refractivity contribution in [1.29, 1.82) is 0 Å². The van der Waals surface area contributed by atoms with Crippen molar-refractivity contribution < 1.29 is 80.2 Å². The van der Waals surface area contributed by atoms with Crippen LogP contribution in [0.2, 0.25) is 0 Å². The van der Waals surface area contributed by atoms with Gasteiger partial charge in [-0.2, -0.15) is 0 Å². The number of rotatable bonds is 68. The standard InChI is InChI=1S/C71H138O17P2/c1-61(2)47-39-31-23-17-15-13-11-9-10-12-14-16-18-27-35-43-51-68(73)81-57-66(87-70(75)53-45-37-28-20-19-24-32-40-48-62(3)4)59-85-89(77,78)83-55-65(72)56-84-90(79,80)86-60-67(88-71(76)54-46-38-30-22-26-34-42-50-64(7)8)58-82-69(74)52-44-36-29-21-25-33-41-49-63(5)6/h61-67,72H,9-60H2,1-8H3,(H,77,78)(H,79,80)/t65?,66-,67-/m1/s1. The minimum absolute atomic E-state index is 0.102. The molecule has 0 spiro atoms. The lowest BCUT2D eigenvalue weighted by molar-refractivity contribution is -0.161. The Morgan fingerprint density at radius 3 is 0.689 bits per heavy atom. The van der Waals surface area contributed by atoms with Crippen LogP contribution in [-0.2, 0) is 65.4 Å². The van der Waals surface area contributed by atoms with E-state index in [0.717, 1.165) is 108 Å². The van der Waals surface area contributed by atoms with Crippen LogP contribution < -0.4 is 0 Å². The van der Waals surface area contributed by atoms with E-state index in [1.165, 1.54) is 148 Å². The number of hydrogen-bond donors (Lipinski definition) is 3. The fraction of sp³-hybridized carbons (Fsp3) is 0.944. The zero-order chi connectivity index (χ0) is 66.8. The van der Waals surface area contributed by atoms with Gasteiger partial charge in [-0.05, 0) is 49.4 Å². The molecule has 0 aromatic rings. The highest BCUT2D eigenvalue weighted by molar-refractivity contribution is 7.47. The molecule has 0 heterocycles. The van der Waals surface area contributed by atoms with Gasteiger partial charge < -0.3 is 33.8 Å². The quantitative estimate of drug-likeness (QED) is 0.0222. The van der Waals surface area contributed by atoms with E-state index in [9.17, 15) is 43.2 Å². The van der Waals surface area contributed by atoms with Crippen LogP contribution in [0.3, 0.4) is 0 Å². The molecule has 534 valence electrons. The summed E-state index contributed by atoms with van der Waals surface area (Å²) in [6.07, 6.45) is 43.4. The Morgan fingerprint density at radius 1 is 0.278 bits per heavy atom. The zero-order valence-electron chi connectivity index (χ0n) is 58.8. The van der Waals surface area contributed by atoms with Gasteiger partial charge in [-0.1, -0.05) is 299 Å². The number of esters is 4. The van der Waals surface area contributed by atoms with E-state index < -0.39 is 97.5 Å². The molecule has 0 amide bonds. The average Bonchev–Trinajstić information content (AvgIpc) is 3.70. The van der Waals surface area contributed by atoms with E-state index in [2.05, 4.69) is 55.4 Å². The maximum atomic E-state index is 13.0. The molecule has 0 aromatic heterocycles. The lowest BCUT2D eigenvalue weighted by Crippen LogP contribution is -2.30. The Bertz CT molecular complexity index is 1780. The molecule has 0 radical (unpaired) electrons. The third-order valence-corrected chi connectivity index (χ3v) is 18.2. The number of hydrogen-bond acceptors (Lipinski definition) is 15. The van der Waals surface area contributed by atoms with Gasteiger partial charge in [-0.25, -0.2) is 9.13 Å². The maximum Gasteiger partial charge on any atom is 0.472 e. The Hall–Kier alpha value is -1.94. The average molecular weight is 1330 g/mol. The number of carbonyl (C=O) groups excluding carboxylic acids is 4. The van der Waals surface area contributed by atoms with Crippen molar-refractivity contribution in [2.45, 2.75) is 369 Å². The lowest BCUT2D eigenvalue weighted by atomic mass is 10.0. The third kappa shape index (κ3) is 64.8. The summed E-state index contributed by atoms with van der Waals surface area (Å²) >= 11 is 0. The van der Waals surface area contributed by atoms with E-state index in [1.54, 1.807) is 0 Å². The highest BCUT2D eigenvalue weighted by Crippen LogP contribution is 2.45. The molecular formula is C71H138O17P2. The summed E-state index contributed by atoms with van der Waals surface area (Å²) in [6, 6.07) is 0. The maximum absolute atomic E-state index is 13.0. The van der Waals surface area contributed by atoms with Crippen molar-refractivity contribution in [3.63, 3.8) is 0 Å². The number of carbonyl (C=O) groups is 4. The molecule has 0 saturated heterocycles. The van der Waals surface area contributed by atoms with Crippen molar-refractivity contribution in [3.05, 3.63) is 0 Å². The normalized spacial score (nSPS) is 14.3. The first kappa shape index (κ1) is 88.1. The van der Waals surface area contributed by atoms with Crippen LogP contribution >= 0.6 is 15.6 Å². The van der Waals surface area contributed by atoms with E-state index in [-0.39, 0.29) is 25.7 Å². The third-order valence-electron chi connectivity index (χ3n) is 16.3. The molecule has 3 unspecified atom stereocenters. The van der Waals surface area contributed by atoms with Crippen LogP contribution in [0.25, 0.3) is 0 Å². The summed E-state index contributed by atoms with van der Waals surface area (Å²) in [7, 11) is -9.90. The molecule has 19 heteroatoms. The zero-order valence-corrected chi connectivity index (χ0v) is 60.6. The van der Waals surface area contributed by atoms with E-state index in [0.29, 0.717) is 37.5 Å². The molecule has 0 fully saturated rings. The molecule has 0 rings (SSSR count). The Kier molecular flexibility index (Phi) is 59.4. The van der Waals surface area contributed by atoms with Crippen LogP contribution in [0.4, 0.5) is 0 Å². The number of ether oxygens (including phenoxy) is 4. The second-order valence-corrected chi connectivity index (χ2v) is 30.4. The molecule has 0 aliphatic heterocycles. The van der Waals surface area contributed by atoms with Gasteiger partial charge in [-0.3, -0.25) is 37.3 Å². The Balaban J connectivity index is 5.17. The van der Waals surface area contributed by atoms with Crippen molar-refractivity contribution in [2.24, 2.45) is 23.7 Å². The SMILES string of the molecule is CC(C)CCCCCCCCCCCCCCCCCCC(=O)OC[C@H](COP(=O)(O)OCC(O)COP(=O)(O)OC[C@@H](COC(=O)CCCCCCCCCC(C)C)OC(=O)CCCCCCCCCC(C)C)OC(=O)CCCCCCCCCCC(C)C. The minimum Gasteiger partial charge on any atom is -0.462 e. The number of phosphoric acid groups is 2. The highest BCUT2D eigenvalue weighted by Gasteiger charge is 2.30. The molecule has 0 aliphatic rings. The van der Waals surface area contributed by atoms with Gasteiger partial charge in [-0.15, -0.1) is 0 Å². The molecule has 3 N–H and O–H groups in total. The molecule has 0 bridgehead atoms. The van der Waals surface area contributed by atoms with Gasteiger partial charge >= 0.3 is 39.5 Å². The summed E-state index contributed by atoms with van der Waals surface area (Å²) in [5.74, 6) is 0.799. The van der Waals surface area contributed by atoms with Gasteiger partial charge in [0.05, 0.1) is 26.4 Å². The van der Waals surface area contributed by atoms with Crippen LogP contribution in [0, 0.1) is 23.7 Å². The van der Waals surface area contributed by atoms with Crippen molar-refractivity contribution >= 4 is 39.5 Å². The summed E-state index contributed by atoms with van der Waals surface area (Å²) in [6.45, 7) is 14.0. The smallest absolute Gasteiger partial charge is 0.462 e. The molecule has 0 saturated carbocycles. The van der Waals surface area contributed by atoms with Crippen molar-refractivity contribution in [1.82, 2.24) is 0 Å². The van der Waals surface area contributed by atoms with E-state index in [4.69, 9.17) is 37.0 Å². The molecule has 0 aliphatic carbocycles. The van der Waals surface area contributed by atoms with Gasteiger partial charge in [0.1, 0.15) is 19.3 Å². The predicted octanol–water partition coefficient (Wildman–Crippen LogP) is 20.1. The van der Waals surface area contributed by atoms with E-state index in [1.807, 2.05) is 0 Å². The Morgan fingerprint density at radius 2 is 0.467 bits per heavy atom. The first-order valence-electron chi connectivity index (χ1n) is 36.7. The van der Waals surface area contributed by atoms with Crippen LogP contribution in [0.15, 0.2) is 0 Å². The second kappa shape index (κ2) is 60.7. The first-order chi connectivity index (χ1) is 43.1. The summed E-state index contributed by atoms with van der Waals surface area (Å²) < 4.78 is 68.2. The topological polar surface area (TPSA) is 237 Å². The van der Waals surface area contributed by atoms with Gasteiger partial charge in [0.25, 0.3) is 0 Å². The number of phosphoric ester groups is 2. The fourth-order valence-corrected chi connectivity index (χ4v) is 12.2. The number of unbranched alkanes of at least 4 members (excludes halogenated alkanes) is 34. The summed E-state index contributed by atoms with van der Waals surface area (Å²) in [5.41, 5.74) is 0. The number of aliphatic hydroxyl groups is 1. The van der Waals surface area contributed by atoms with Gasteiger partial charge in [0.2, 0.25) is 0 Å². The van der Waals surface area contributed by atoms with E-state index >= 15 is 0 Å². The van der Waals surface area contributed by atoms with Gasteiger partial charge in [0, 0.05) is 25.7 Å². The van der Waals surface area contributed by atoms with Crippen LogP contribution in [0.5, 0.6) is 0 Å². The second-order valence-electron chi connectivity index (χ2n) is 27.5. The molecule has 0 aromatic carbocycles. The summed E-state index contributed by atoms with van der Waals surface area (Å²) in [5, 5.41) is 10.6. The molecule has 90 heavy (non-hydrogen) atoms. The first-order valence-corrected chi connectivity index (χ1v) is 39.7.